The van der Waals surface area contributed by atoms with Crippen LogP contribution in [0.2, 0.25) is 0 Å². The number of halogens is 1. The van der Waals surface area contributed by atoms with Gasteiger partial charge >= 0.3 is 0 Å². The Morgan fingerprint density at radius 1 is 1.42 bits per heavy atom. The number of hydrogen-bond donors (Lipinski definition) is 1. The summed E-state index contributed by atoms with van der Waals surface area (Å²) >= 11 is 5.76. The second-order valence-electron chi connectivity index (χ2n) is 2.24. The third-order valence-electron chi connectivity index (χ3n) is 1.38. The summed E-state index contributed by atoms with van der Waals surface area (Å²) < 4.78 is 0. The number of hydrogen-bond acceptors (Lipinski definition) is 2. The van der Waals surface area contributed by atoms with Crippen LogP contribution in [0.15, 0.2) is 30.3 Å². The minimum Gasteiger partial charge on any atom is -0.399 e. The molecule has 0 bridgehead atoms. The van der Waals surface area contributed by atoms with E-state index < -0.39 is 0 Å². The summed E-state index contributed by atoms with van der Waals surface area (Å²) in [6.45, 7) is 0. The number of nitriles is 1. The van der Waals surface area contributed by atoms with Crippen LogP contribution in [0.3, 0.4) is 0 Å². The first-order valence-corrected chi connectivity index (χ1v) is 3.73. The van der Waals surface area contributed by atoms with E-state index in [0.29, 0.717) is 10.7 Å². The van der Waals surface area contributed by atoms with Crippen LogP contribution in [-0.4, -0.2) is 0 Å². The van der Waals surface area contributed by atoms with Gasteiger partial charge in [-0.25, -0.2) is 0 Å². The standard InChI is InChI=1S/C9H7ClN2/c10-9(5-6-11)7-1-3-8(12)4-2-7/h1-5H,12H2/b9-5-. The molecule has 0 unspecified atom stereocenters. The maximum absolute atomic E-state index is 8.32. The molecule has 0 radical (unpaired) electrons. The van der Waals surface area contributed by atoms with Crippen LogP contribution in [0.5, 0.6) is 0 Å². The predicted octanol–water partition coefficient (Wildman–Crippen LogP) is 2.37. The highest BCUT2D eigenvalue weighted by molar-refractivity contribution is 6.48. The molecule has 12 heavy (non-hydrogen) atoms. The van der Waals surface area contributed by atoms with Crippen molar-refractivity contribution in [2.24, 2.45) is 0 Å². The molecule has 0 aromatic heterocycles. The van der Waals surface area contributed by atoms with Crippen molar-refractivity contribution in [2.45, 2.75) is 0 Å². The van der Waals surface area contributed by atoms with Crippen LogP contribution in [0.1, 0.15) is 5.56 Å². The van der Waals surface area contributed by atoms with Crippen molar-refractivity contribution in [2.75, 3.05) is 5.73 Å². The highest BCUT2D eigenvalue weighted by Gasteiger charge is 1.95. The summed E-state index contributed by atoms with van der Waals surface area (Å²) in [6, 6.07) is 8.87. The Hall–Kier alpha value is -1.46. The van der Waals surface area contributed by atoms with Gasteiger partial charge in [-0.05, 0) is 17.7 Å². The fraction of sp³-hybridized carbons (Fsp3) is 0. The molecule has 0 atom stereocenters. The van der Waals surface area contributed by atoms with Crippen LogP contribution in [-0.2, 0) is 0 Å². The summed E-state index contributed by atoms with van der Waals surface area (Å²) in [5.74, 6) is 0. The van der Waals surface area contributed by atoms with Crippen LogP contribution in [0.4, 0.5) is 5.69 Å². The number of allylic oxidation sites excluding steroid dienone is 1. The zero-order valence-electron chi connectivity index (χ0n) is 6.29. The number of nitrogens with two attached hydrogens (primary N) is 1. The molecule has 3 heteroatoms. The average molecular weight is 179 g/mol. The number of nitrogens with zero attached hydrogens (tertiary/aromatic N) is 1. The minimum absolute atomic E-state index is 0.428. The molecule has 1 rings (SSSR count). The predicted molar refractivity (Wildman–Crippen MR) is 50.3 cm³/mol. The van der Waals surface area contributed by atoms with E-state index in [0.717, 1.165) is 5.56 Å². The van der Waals surface area contributed by atoms with Crippen molar-refractivity contribution < 1.29 is 0 Å². The van der Waals surface area contributed by atoms with E-state index in [2.05, 4.69) is 0 Å². The van der Waals surface area contributed by atoms with Gasteiger partial charge in [-0.2, -0.15) is 5.26 Å². The van der Waals surface area contributed by atoms with Gasteiger partial charge in [-0.1, -0.05) is 23.7 Å². The smallest absolute Gasteiger partial charge is 0.0927 e. The molecule has 0 amide bonds. The van der Waals surface area contributed by atoms with Crippen LogP contribution >= 0.6 is 11.6 Å². The normalized spacial score (nSPS) is 10.8. The lowest BCUT2D eigenvalue weighted by Gasteiger charge is -1.97. The number of rotatable bonds is 1. The zero-order chi connectivity index (χ0) is 8.97. The van der Waals surface area contributed by atoms with Gasteiger partial charge in [0, 0.05) is 11.8 Å². The molecule has 0 heterocycles. The van der Waals surface area contributed by atoms with E-state index >= 15 is 0 Å². The Bertz CT molecular complexity index is 333. The monoisotopic (exact) mass is 178 g/mol. The van der Waals surface area contributed by atoms with Crippen molar-refractivity contribution in [3.05, 3.63) is 35.9 Å². The Kier molecular flexibility index (Phi) is 2.73. The van der Waals surface area contributed by atoms with Crippen LogP contribution < -0.4 is 5.73 Å². The maximum Gasteiger partial charge on any atom is 0.0927 e. The lowest BCUT2D eigenvalue weighted by Crippen LogP contribution is -1.83. The van der Waals surface area contributed by atoms with Gasteiger partial charge in [0.25, 0.3) is 0 Å². The Morgan fingerprint density at radius 3 is 2.50 bits per heavy atom. The van der Waals surface area contributed by atoms with E-state index in [1.807, 2.05) is 6.07 Å². The fourth-order valence-electron chi connectivity index (χ4n) is 0.782. The highest BCUT2D eigenvalue weighted by Crippen LogP contribution is 2.19. The van der Waals surface area contributed by atoms with Gasteiger partial charge in [0.15, 0.2) is 0 Å². The quantitative estimate of drug-likeness (QED) is 0.530. The van der Waals surface area contributed by atoms with Gasteiger partial charge in [0.2, 0.25) is 0 Å². The first-order valence-electron chi connectivity index (χ1n) is 3.35. The first kappa shape index (κ1) is 8.63. The summed E-state index contributed by atoms with van der Waals surface area (Å²) in [6.07, 6.45) is 1.28. The van der Waals surface area contributed by atoms with Gasteiger partial charge in [-0.15, -0.1) is 0 Å². The highest BCUT2D eigenvalue weighted by atomic mass is 35.5. The summed E-state index contributed by atoms with van der Waals surface area (Å²) in [4.78, 5) is 0. The largest absolute Gasteiger partial charge is 0.399 e. The molecule has 0 fully saturated rings. The lowest BCUT2D eigenvalue weighted by molar-refractivity contribution is 1.53. The third-order valence-corrected chi connectivity index (χ3v) is 1.71. The second-order valence-corrected chi connectivity index (χ2v) is 2.65. The Balaban J connectivity index is 2.99. The van der Waals surface area contributed by atoms with E-state index in [1.165, 1.54) is 6.08 Å². The zero-order valence-corrected chi connectivity index (χ0v) is 7.05. The number of benzene rings is 1. The summed E-state index contributed by atoms with van der Waals surface area (Å²) in [5.41, 5.74) is 6.95. The molecule has 0 saturated carbocycles. The SMILES string of the molecule is N#C/C=C(\Cl)c1ccc(N)cc1. The molecule has 0 aliphatic rings. The van der Waals surface area contributed by atoms with Gasteiger partial charge in [0.1, 0.15) is 0 Å². The van der Waals surface area contributed by atoms with E-state index in [-0.39, 0.29) is 0 Å². The van der Waals surface area contributed by atoms with Crippen molar-refractivity contribution in [3.63, 3.8) is 0 Å². The van der Waals surface area contributed by atoms with Crippen LogP contribution in [0, 0.1) is 11.3 Å². The van der Waals surface area contributed by atoms with E-state index in [9.17, 15) is 0 Å². The van der Waals surface area contributed by atoms with Crippen LogP contribution in [0.25, 0.3) is 5.03 Å². The molecule has 1 aromatic rings. The van der Waals surface area contributed by atoms with Gasteiger partial charge in [0.05, 0.1) is 11.1 Å². The van der Waals surface area contributed by atoms with E-state index in [4.69, 9.17) is 22.6 Å². The van der Waals surface area contributed by atoms with Gasteiger partial charge in [-0.3, -0.25) is 0 Å². The molecule has 60 valence electrons. The molecule has 0 aliphatic heterocycles. The second kappa shape index (κ2) is 3.80. The van der Waals surface area contributed by atoms with Gasteiger partial charge < -0.3 is 5.73 Å². The fourth-order valence-corrected chi connectivity index (χ4v) is 0.957. The minimum atomic E-state index is 0.428. The van der Waals surface area contributed by atoms with E-state index in [1.54, 1.807) is 24.3 Å². The topological polar surface area (TPSA) is 49.8 Å². The molecular weight excluding hydrogens is 172 g/mol. The Morgan fingerprint density at radius 2 is 2.00 bits per heavy atom. The molecule has 0 saturated heterocycles. The number of nitrogen functional groups attached to an aromatic ring is 1. The molecular formula is C9H7ClN2. The Labute approximate surface area is 75.9 Å². The maximum atomic E-state index is 8.32. The third kappa shape index (κ3) is 2.01. The lowest BCUT2D eigenvalue weighted by atomic mass is 10.2. The molecule has 1 aromatic carbocycles. The van der Waals surface area contributed by atoms with Crippen molar-refractivity contribution in [1.82, 2.24) is 0 Å². The number of anilines is 1. The summed E-state index contributed by atoms with van der Waals surface area (Å²) in [7, 11) is 0. The van der Waals surface area contributed by atoms with Crippen molar-refractivity contribution in [3.8, 4) is 6.07 Å². The molecule has 2 N–H and O–H groups in total. The first-order chi connectivity index (χ1) is 5.74. The molecule has 0 aliphatic carbocycles. The van der Waals surface area contributed by atoms with Crippen molar-refractivity contribution in [1.29, 1.82) is 5.26 Å². The van der Waals surface area contributed by atoms with Crippen molar-refractivity contribution >= 4 is 22.3 Å². The summed E-state index contributed by atoms with van der Waals surface area (Å²) in [5, 5.41) is 8.75. The molecule has 0 spiro atoms. The molecule has 2 nitrogen and oxygen atoms in total. The average Bonchev–Trinajstić information content (AvgIpc) is 2.06.